The molecule has 0 unspecified atom stereocenters. The van der Waals surface area contributed by atoms with Gasteiger partial charge in [-0.05, 0) is 60.9 Å². The molecule has 178 valence electrons. The van der Waals surface area contributed by atoms with Gasteiger partial charge < -0.3 is 4.74 Å². The van der Waals surface area contributed by atoms with E-state index in [9.17, 15) is 13.7 Å². The predicted molar refractivity (Wildman–Crippen MR) is 135 cm³/mol. The molecule has 3 aromatic carbocycles. The molecule has 0 bridgehead atoms. The van der Waals surface area contributed by atoms with Crippen LogP contribution >= 0.6 is 0 Å². The van der Waals surface area contributed by atoms with Gasteiger partial charge in [0.2, 0.25) is 9.84 Å². The van der Waals surface area contributed by atoms with E-state index in [2.05, 4.69) is 16.3 Å². The maximum absolute atomic E-state index is 13.7. The van der Waals surface area contributed by atoms with Crippen molar-refractivity contribution in [3.05, 3.63) is 90.5 Å². The molecule has 7 nitrogen and oxygen atoms in total. The molecule has 0 atom stereocenters. The Kier molecular flexibility index (Phi) is 5.32. The summed E-state index contributed by atoms with van der Waals surface area (Å²) in [7, 11) is -3.81. The van der Waals surface area contributed by atoms with E-state index in [1.165, 1.54) is 0 Å². The molecule has 2 aromatic heterocycles. The molecule has 0 saturated carbocycles. The van der Waals surface area contributed by atoms with Crippen LogP contribution in [0.1, 0.15) is 18.4 Å². The lowest BCUT2D eigenvalue weighted by molar-refractivity contribution is 0.0675. The number of hydrogen-bond acceptors (Lipinski definition) is 6. The Hall–Kier alpha value is -4.06. The zero-order chi connectivity index (χ0) is 24.8. The van der Waals surface area contributed by atoms with Gasteiger partial charge >= 0.3 is 0 Å². The molecule has 1 fully saturated rings. The Morgan fingerprint density at radius 2 is 1.64 bits per heavy atom. The van der Waals surface area contributed by atoms with Crippen LogP contribution in [0.25, 0.3) is 27.9 Å². The highest BCUT2D eigenvalue weighted by molar-refractivity contribution is 7.91. The van der Waals surface area contributed by atoms with Crippen LogP contribution in [0.4, 0.5) is 0 Å². The van der Waals surface area contributed by atoms with E-state index < -0.39 is 15.3 Å². The van der Waals surface area contributed by atoms with Crippen molar-refractivity contribution in [2.24, 2.45) is 0 Å². The maximum atomic E-state index is 13.7. The molecule has 8 heteroatoms. The second-order valence-electron chi connectivity index (χ2n) is 8.97. The minimum Gasteiger partial charge on any atom is -0.381 e. The number of ether oxygens (including phenoxy) is 1. The van der Waals surface area contributed by atoms with Crippen molar-refractivity contribution < 1.29 is 13.2 Å². The third-order valence-corrected chi connectivity index (χ3v) is 8.69. The quantitative estimate of drug-likeness (QED) is 0.351. The van der Waals surface area contributed by atoms with Crippen molar-refractivity contribution in [1.82, 2.24) is 14.6 Å². The number of hydrogen-bond donors (Lipinski definition) is 0. The normalized spacial score (nSPS) is 15.6. The van der Waals surface area contributed by atoms with E-state index >= 15 is 0 Å². The number of nitriles is 1. The zero-order valence-corrected chi connectivity index (χ0v) is 20.1. The summed E-state index contributed by atoms with van der Waals surface area (Å²) in [6, 6.07) is 27.7. The van der Waals surface area contributed by atoms with Crippen LogP contribution in [-0.2, 0) is 20.0 Å². The van der Waals surface area contributed by atoms with Crippen molar-refractivity contribution in [2.45, 2.75) is 28.0 Å². The molecule has 6 rings (SSSR count). The fraction of sp³-hybridized carbons (Fsp3) is 0.179. The summed E-state index contributed by atoms with van der Waals surface area (Å²) in [5, 5.41) is 19.3. The maximum Gasteiger partial charge on any atom is 0.206 e. The lowest BCUT2D eigenvalue weighted by atomic mass is 9.75. The summed E-state index contributed by atoms with van der Waals surface area (Å²) < 4.78 is 34.7. The van der Waals surface area contributed by atoms with E-state index in [1.807, 2.05) is 52.9 Å². The first kappa shape index (κ1) is 22.4. The van der Waals surface area contributed by atoms with Gasteiger partial charge in [-0.25, -0.2) is 8.42 Å². The largest absolute Gasteiger partial charge is 0.381 e. The molecule has 0 radical (unpaired) electrons. The number of rotatable bonds is 4. The standard InChI is InChI=1S/C28H22N4O3S/c29-19-28(13-15-35-16-14-28)22-7-4-8-23(18-22)36(33,34)24-10-11-25-21(17-24)9-12-26-30-31-27(32(25)26)20-5-2-1-3-6-20/h1-12,17-18H,13-16H2. The molecule has 1 aliphatic heterocycles. The first-order valence-corrected chi connectivity index (χ1v) is 13.2. The lowest BCUT2D eigenvalue weighted by Gasteiger charge is -2.31. The Morgan fingerprint density at radius 1 is 0.861 bits per heavy atom. The molecular weight excluding hydrogens is 472 g/mol. The van der Waals surface area contributed by atoms with E-state index in [4.69, 9.17) is 4.74 Å². The molecule has 36 heavy (non-hydrogen) atoms. The van der Waals surface area contributed by atoms with Crippen molar-refractivity contribution in [2.75, 3.05) is 13.2 Å². The minimum atomic E-state index is -3.81. The number of sulfone groups is 1. The van der Waals surface area contributed by atoms with Crippen LogP contribution in [0.3, 0.4) is 0 Å². The lowest BCUT2D eigenvalue weighted by Crippen LogP contribution is -2.32. The smallest absolute Gasteiger partial charge is 0.206 e. The highest BCUT2D eigenvalue weighted by Gasteiger charge is 2.35. The van der Waals surface area contributed by atoms with Crippen molar-refractivity contribution in [1.29, 1.82) is 5.26 Å². The van der Waals surface area contributed by atoms with Gasteiger partial charge in [0.1, 0.15) is 0 Å². The summed E-state index contributed by atoms with van der Waals surface area (Å²) in [5.74, 6) is 0.692. The van der Waals surface area contributed by atoms with Crippen molar-refractivity contribution >= 4 is 26.4 Å². The molecular formula is C28H22N4O3S. The average molecular weight is 495 g/mol. The number of pyridine rings is 1. The summed E-state index contributed by atoms with van der Waals surface area (Å²) in [6.45, 7) is 0.968. The van der Waals surface area contributed by atoms with Gasteiger partial charge in [0, 0.05) is 24.2 Å². The minimum absolute atomic E-state index is 0.177. The van der Waals surface area contributed by atoms with Gasteiger partial charge in [-0.2, -0.15) is 5.26 Å². The highest BCUT2D eigenvalue weighted by atomic mass is 32.2. The Morgan fingerprint density at radius 3 is 2.42 bits per heavy atom. The number of aromatic nitrogens is 3. The van der Waals surface area contributed by atoms with Crippen LogP contribution < -0.4 is 0 Å². The van der Waals surface area contributed by atoms with E-state index in [0.717, 1.165) is 16.5 Å². The van der Waals surface area contributed by atoms with Gasteiger partial charge in [-0.1, -0.05) is 42.5 Å². The molecule has 0 aliphatic carbocycles. The Balaban J connectivity index is 1.45. The van der Waals surface area contributed by atoms with E-state index in [0.29, 0.717) is 43.1 Å². The van der Waals surface area contributed by atoms with Crippen LogP contribution in [0.2, 0.25) is 0 Å². The van der Waals surface area contributed by atoms with Crippen LogP contribution in [0.5, 0.6) is 0 Å². The van der Waals surface area contributed by atoms with Crippen LogP contribution in [0.15, 0.2) is 94.7 Å². The van der Waals surface area contributed by atoms with E-state index in [1.54, 1.807) is 36.4 Å². The topological polar surface area (TPSA) is 97.3 Å². The van der Waals surface area contributed by atoms with Gasteiger partial charge in [0.05, 0.1) is 26.8 Å². The molecule has 0 spiro atoms. The summed E-state index contributed by atoms with van der Waals surface area (Å²) >= 11 is 0. The summed E-state index contributed by atoms with van der Waals surface area (Å²) in [4.78, 5) is 0.370. The second kappa shape index (κ2) is 8.55. The van der Waals surface area contributed by atoms with E-state index in [-0.39, 0.29) is 9.79 Å². The van der Waals surface area contributed by atoms with Gasteiger partial charge in [-0.15, -0.1) is 10.2 Å². The summed E-state index contributed by atoms with van der Waals surface area (Å²) in [6.07, 6.45) is 1.09. The van der Waals surface area contributed by atoms with Crippen molar-refractivity contribution in [3.8, 4) is 17.5 Å². The highest BCUT2D eigenvalue weighted by Crippen LogP contribution is 2.36. The molecule has 3 heterocycles. The van der Waals surface area contributed by atoms with Crippen molar-refractivity contribution in [3.63, 3.8) is 0 Å². The third kappa shape index (κ3) is 3.56. The molecule has 5 aromatic rings. The summed E-state index contributed by atoms with van der Waals surface area (Å²) in [5.41, 5.74) is 2.40. The number of nitrogens with zero attached hydrogens (tertiary/aromatic N) is 4. The fourth-order valence-electron chi connectivity index (χ4n) is 4.90. The van der Waals surface area contributed by atoms with Gasteiger partial charge in [0.15, 0.2) is 11.5 Å². The SMILES string of the molecule is N#CC1(c2cccc(S(=O)(=O)c3ccc4c(ccc5nnc(-c6ccccc6)n54)c3)c2)CCOCC1. The Bertz CT molecular complexity index is 1750. The second-order valence-corrected chi connectivity index (χ2v) is 10.9. The molecule has 1 aliphatic rings. The average Bonchev–Trinajstić information content (AvgIpc) is 3.38. The molecule has 0 N–H and O–H groups in total. The van der Waals surface area contributed by atoms with Gasteiger partial charge in [-0.3, -0.25) is 4.40 Å². The number of fused-ring (bicyclic) bond motifs is 3. The fourth-order valence-corrected chi connectivity index (χ4v) is 6.24. The van der Waals surface area contributed by atoms with Gasteiger partial charge in [0.25, 0.3) is 0 Å². The Labute approximate surface area is 208 Å². The van der Waals surface area contributed by atoms with Crippen LogP contribution in [0, 0.1) is 11.3 Å². The first-order chi connectivity index (χ1) is 17.5. The molecule has 1 saturated heterocycles. The molecule has 0 amide bonds. The number of benzene rings is 3. The predicted octanol–water partition coefficient (Wildman–Crippen LogP) is 4.95. The van der Waals surface area contributed by atoms with Crippen LogP contribution in [-0.4, -0.2) is 36.2 Å². The monoisotopic (exact) mass is 494 g/mol. The first-order valence-electron chi connectivity index (χ1n) is 11.7. The zero-order valence-electron chi connectivity index (χ0n) is 19.3. The third-order valence-electron chi connectivity index (χ3n) is 6.94.